The SMILES string of the molecule is Cc1c(CN2CCOC(c3ccc(Cl)c(Cl)c3)C2)cccc1[N+](=O)[O-]. The molecule has 25 heavy (non-hydrogen) atoms. The number of nitro benzene ring substituents is 1. The van der Waals surface area contributed by atoms with Crippen LogP contribution in [0, 0.1) is 17.0 Å². The Balaban J connectivity index is 1.75. The van der Waals surface area contributed by atoms with Crippen LogP contribution in [-0.2, 0) is 11.3 Å². The Labute approximate surface area is 156 Å². The summed E-state index contributed by atoms with van der Waals surface area (Å²) in [6.07, 6.45) is -0.0949. The van der Waals surface area contributed by atoms with Gasteiger partial charge in [-0.3, -0.25) is 15.0 Å². The molecular formula is C18H18Cl2N2O3. The normalized spacial score (nSPS) is 18.3. The van der Waals surface area contributed by atoms with E-state index in [1.54, 1.807) is 19.1 Å². The van der Waals surface area contributed by atoms with Crippen LogP contribution in [0.15, 0.2) is 36.4 Å². The Morgan fingerprint density at radius 3 is 2.80 bits per heavy atom. The van der Waals surface area contributed by atoms with E-state index in [0.717, 1.165) is 17.7 Å². The highest BCUT2D eigenvalue weighted by Gasteiger charge is 2.24. The zero-order chi connectivity index (χ0) is 18.0. The number of morpholine rings is 1. The van der Waals surface area contributed by atoms with Gasteiger partial charge in [0.05, 0.1) is 27.7 Å². The van der Waals surface area contributed by atoms with Gasteiger partial charge in [0, 0.05) is 31.3 Å². The van der Waals surface area contributed by atoms with Gasteiger partial charge in [-0.25, -0.2) is 0 Å². The number of hydrogen-bond donors (Lipinski definition) is 0. The van der Waals surface area contributed by atoms with Gasteiger partial charge >= 0.3 is 0 Å². The van der Waals surface area contributed by atoms with E-state index in [1.165, 1.54) is 6.07 Å². The molecule has 7 heteroatoms. The van der Waals surface area contributed by atoms with Crippen molar-refractivity contribution in [3.05, 3.63) is 73.2 Å². The Kier molecular flexibility index (Phi) is 5.59. The van der Waals surface area contributed by atoms with Crippen molar-refractivity contribution < 1.29 is 9.66 Å². The topological polar surface area (TPSA) is 55.6 Å². The van der Waals surface area contributed by atoms with Crippen LogP contribution in [-0.4, -0.2) is 29.5 Å². The highest BCUT2D eigenvalue weighted by atomic mass is 35.5. The van der Waals surface area contributed by atoms with Crippen LogP contribution in [0.5, 0.6) is 0 Å². The minimum absolute atomic E-state index is 0.0949. The van der Waals surface area contributed by atoms with Crippen molar-refractivity contribution in [1.29, 1.82) is 0 Å². The minimum atomic E-state index is -0.337. The summed E-state index contributed by atoms with van der Waals surface area (Å²) in [4.78, 5) is 13.0. The molecule has 1 atom stereocenters. The number of ether oxygens (including phenoxy) is 1. The first-order valence-electron chi connectivity index (χ1n) is 7.97. The first-order valence-corrected chi connectivity index (χ1v) is 8.73. The van der Waals surface area contributed by atoms with Gasteiger partial charge in [-0.15, -0.1) is 0 Å². The van der Waals surface area contributed by atoms with Crippen LogP contribution in [0.2, 0.25) is 10.0 Å². The van der Waals surface area contributed by atoms with Gasteiger partial charge in [0.25, 0.3) is 5.69 Å². The predicted octanol–water partition coefficient (Wildman–Crippen LogP) is 4.78. The molecule has 132 valence electrons. The van der Waals surface area contributed by atoms with E-state index in [9.17, 15) is 10.1 Å². The Hall–Kier alpha value is -1.66. The van der Waals surface area contributed by atoms with E-state index in [-0.39, 0.29) is 16.7 Å². The summed E-state index contributed by atoms with van der Waals surface area (Å²) in [5, 5.41) is 12.1. The van der Waals surface area contributed by atoms with E-state index in [1.807, 2.05) is 18.2 Å². The van der Waals surface area contributed by atoms with Crippen molar-refractivity contribution in [2.45, 2.75) is 19.6 Å². The molecule has 1 aliphatic heterocycles. The molecule has 0 amide bonds. The Bertz CT molecular complexity index is 798. The lowest BCUT2D eigenvalue weighted by Gasteiger charge is -2.33. The monoisotopic (exact) mass is 380 g/mol. The summed E-state index contributed by atoms with van der Waals surface area (Å²) >= 11 is 12.1. The van der Waals surface area contributed by atoms with Crippen LogP contribution >= 0.6 is 23.2 Å². The number of nitro groups is 1. The molecule has 0 aliphatic carbocycles. The van der Waals surface area contributed by atoms with Crippen LogP contribution in [0.1, 0.15) is 22.8 Å². The standard InChI is InChI=1S/C18H18Cl2N2O3/c1-12-14(3-2-4-17(12)22(23)24)10-21-7-8-25-18(11-21)13-5-6-15(19)16(20)9-13/h2-6,9,18H,7-8,10-11H2,1H3. The summed E-state index contributed by atoms with van der Waals surface area (Å²) in [5.74, 6) is 0. The number of hydrogen-bond acceptors (Lipinski definition) is 4. The van der Waals surface area contributed by atoms with E-state index in [4.69, 9.17) is 27.9 Å². The number of halogens is 2. The fraction of sp³-hybridized carbons (Fsp3) is 0.333. The molecule has 0 bridgehead atoms. The third-order valence-electron chi connectivity index (χ3n) is 4.47. The molecule has 1 fully saturated rings. The highest BCUT2D eigenvalue weighted by molar-refractivity contribution is 6.42. The fourth-order valence-corrected chi connectivity index (χ4v) is 3.35. The largest absolute Gasteiger partial charge is 0.371 e. The summed E-state index contributed by atoms with van der Waals surface area (Å²) in [6, 6.07) is 10.7. The molecule has 0 saturated carbocycles. The maximum absolute atomic E-state index is 11.1. The van der Waals surface area contributed by atoms with Crippen molar-refractivity contribution in [2.75, 3.05) is 19.7 Å². The molecule has 1 unspecified atom stereocenters. The molecule has 1 heterocycles. The maximum atomic E-state index is 11.1. The molecule has 0 N–H and O–H groups in total. The first-order chi connectivity index (χ1) is 12.0. The second-order valence-corrected chi connectivity index (χ2v) is 6.90. The third kappa shape index (κ3) is 4.12. The van der Waals surface area contributed by atoms with Crippen LogP contribution < -0.4 is 0 Å². The van der Waals surface area contributed by atoms with Gasteiger partial charge in [0.15, 0.2) is 0 Å². The zero-order valence-electron chi connectivity index (χ0n) is 13.7. The molecule has 0 spiro atoms. The van der Waals surface area contributed by atoms with E-state index >= 15 is 0 Å². The molecule has 1 saturated heterocycles. The number of benzene rings is 2. The summed E-state index contributed by atoms with van der Waals surface area (Å²) in [7, 11) is 0. The van der Waals surface area contributed by atoms with Crippen LogP contribution in [0.3, 0.4) is 0 Å². The van der Waals surface area contributed by atoms with Gasteiger partial charge in [-0.2, -0.15) is 0 Å². The van der Waals surface area contributed by atoms with E-state index in [2.05, 4.69) is 4.90 Å². The summed E-state index contributed by atoms with van der Waals surface area (Å²) in [6.45, 7) is 4.51. The van der Waals surface area contributed by atoms with Gasteiger partial charge in [-0.1, -0.05) is 41.4 Å². The molecule has 0 radical (unpaired) electrons. The number of nitrogens with zero attached hydrogens (tertiary/aromatic N) is 2. The van der Waals surface area contributed by atoms with Gasteiger partial charge in [0.2, 0.25) is 0 Å². The van der Waals surface area contributed by atoms with E-state index < -0.39 is 0 Å². The van der Waals surface area contributed by atoms with E-state index in [0.29, 0.717) is 35.3 Å². The fourth-order valence-electron chi connectivity index (χ4n) is 3.04. The molecule has 0 aromatic heterocycles. The molecule has 1 aliphatic rings. The quantitative estimate of drug-likeness (QED) is 0.565. The lowest BCUT2D eigenvalue weighted by molar-refractivity contribution is -0.385. The van der Waals surface area contributed by atoms with Gasteiger partial charge in [-0.05, 0) is 30.2 Å². The Morgan fingerprint density at radius 1 is 1.28 bits per heavy atom. The number of rotatable bonds is 4. The lowest BCUT2D eigenvalue weighted by Crippen LogP contribution is -2.38. The van der Waals surface area contributed by atoms with Crippen molar-refractivity contribution in [3.63, 3.8) is 0 Å². The summed E-state index contributed by atoms with van der Waals surface area (Å²) < 4.78 is 5.87. The smallest absolute Gasteiger partial charge is 0.272 e. The lowest BCUT2D eigenvalue weighted by atomic mass is 10.0. The minimum Gasteiger partial charge on any atom is -0.371 e. The van der Waals surface area contributed by atoms with Crippen LogP contribution in [0.25, 0.3) is 0 Å². The highest BCUT2D eigenvalue weighted by Crippen LogP contribution is 2.30. The Morgan fingerprint density at radius 2 is 2.08 bits per heavy atom. The van der Waals surface area contributed by atoms with Gasteiger partial charge in [0.1, 0.15) is 0 Å². The van der Waals surface area contributed by atoms with Gasteiger partial charge < -0.3 is 4.74 Å². The average Bonchev–Trinajstić information content (AvgIpc) is 2.59. The maximum Gasteiger partial charge on any atom is 0.272 e. The molecule has 5 nitrogen and oxygen atoms in total. The van der Waals surface area contributed by atoms with Crippen molar-refractivity contribution in [1.82, 2.24) is 4.90 Å². The second kappa shape index (κ2) is 7.70. The third-order valence-corrected chi connectivity index (χ3v) is 5.21. The molecule has 2 aromatic carbocycles. The second-order valence-electron chi connectivity index (χ2n) is 6.09. The zero-order valence-corrected chi connectivity index (χ0v) is 15.3. The van der Waals surface area contributed by atoms with Crippen LogP contribution in [0.4, 0.5) is 5.69 Å². The predicted molar refractivity (Wildman–Crippen MR) is 98.3 cm³/mol. The average molecular weight is 381 g/mol. The van der Waals surface area contributed by atoms with Crippen molar-refractivity contribution >= 4 is 28.9 Å². The summed E-state index contributed by atoms with van der Waals surface area (Å²) in [5.41, 5.74) is 2.82. The first kappa shape index (κ1) is 18.1. The molecule has 2 aromatic rings. The molecule has 3 rings (SSSR count). The molecular weight excluding hydrogens is 363 g/mol. The van der Waals surface area contributed by atoms with Crippen molar-refractivity contribution in [3.8, 4) is 0 Å². The van der Waals surface area contributed by atoms with Crippen molar-refractivity contribution in [2.24, 2.45) is 0 Å².